The van der Waals surface area contributed by atoms with Crippen molar-refractivity contribution in [3.05, 3.63) is 23.3 Å². The summed E-state index contributed by atoms with van der Waals surface area (Å²) >= 11 is 0. The van der Waals surface area contributed by atoms with Crippen molar-refractivity contribution in [2.45, 2.75) is 46.1 Å². The Morgan fingerprint density at radius 3 is 2.22 bits per heavy atom. The van der Waals surface area contributed by atoms with Crippen molar-refractivity contribution in [1.82, 2.24) is 9.97 Å². The van der Waals surface area contributed by atoms with E-state index in [1.807, 2.05) is 6.07 Å². The largest absolute Gasteiger partial charge is 0.459 e. The number of ether oxygens (including phenoxy) is 1. The van der Waals surface area contributed by atoms with Gasteiger partial charge in [-0.05, 0) is 40.7 Å². The van der Waals surface area contributed by atoms with Crippen molar-refractivity contribution in [3.8, 4) is 6.07 Å². The van der Waals surface area contributed by atoms with Gasteiger partial charge in [0.15, 0.2) is 5.82 Å². The zero-order chi connectivity index (χ0) is 13.9. The fourth-order valence-electron chi connectivity index (χ4n) is 1.46. The van der Waals surface area contributed by atoms with Crippen LogP contribution in [-0.2, 0) is 9.53 Å². The van der Waals surface area contributed by atoms with Gasteiger partial charge < -0.3 is 4.74 Å². The minimum atomic E-state index is -1.08. The lowest BCUT2D eigenvalue weighted by Gasteiger charge is -2.21. The highest BCUT2D eigenvalue weighted by Gasteiger charge is 2.29. The van der Waals surface area contributed by atoms with Crippen molar-refractivity contribution in [1.29, 1.82) is 5.26 Å². The molecule has 5 nitrogen and oxygen atoms in total. The van der Waals surface area contributed by atoms with Crippen molar-refractivity contribution >= 4 is 5.97 Å². The second-order valence-corrected chi connectivity index (χ2v) is 5.10. The Morgan fingerprint density at radius 2 is 1.83 bits per heavy atom. The Kier molecular flexibility index (Phi) is 4.02. The third-order valence-corrected chi connectivity index (χ3v) is 2.03. The molecule has 0 N–H and O–H groups in total. The summed E-state index contributed by atoms with van der Waals surface area (Å²) in [6.45, 7) is 8.84. The second kappa shape index (κ2) is 5.13. The molecule has 0 aliphatic rings. The molecule has 18 heavy (non-hydrogen) atoms. The van der Waals surface area contributed by atoms with E-state index in [-0.39, 0.29) is 5.82 Å². The molecular formula is C13H17N3O2. The van der Waals surface area contributed by atoms with Gasteiger partial charge in [-0.2, -0.15) is 5.26 Å². The lowest BCUT2D eigenvalue weighted by molar-refractivity contribution is -0.155. The molecule has 1 rings (SSSR count). The zero-order valence-electron chi connectivity index (χ0n) is 11.3. The molecule has 1 unspecified atom stereocenters. The Hall–Kier alpha value is -1.96. The van der Waals surface area contributed by atoms with Gasteiger partial charge in [0.2, 0.25) is 5.92 Å². The average Bonchev–Trinajstić information content (AvgIpc) is 2.13. The normalized spacial score (nSPS) is 12.7. The van der Waals surface area contributed by atoms with E-state index in [0.717, 1.165) is 11.4 Å². The van der Waals surface area contributed by atoms with E-state index in [0.29, 0.717) is 0 Å². The van der Waals surface area contributed by atoms with Gasteiger partial charge in [0.1, 0.15) is 5.60 Å². The summed E-state index contributed by atoms with van der Waals surface area (Å²) in [5, 5.41) is 9.10. The van der Waals surface area contributed by atoms with Crippen molar-refractivity contribution in [3.63, 3.8) is 0 Å². The van der Waals surface area contributed by atoms with Crippen LogP contribution in [0.4, 0.5) is 0 Å². The number of nitriles is 1. The maximum absolute atomic E-state index is 11.9. The lowest BCUT2D eigenvalue weighted by atomic mass is 10.1. The van der Waals surface area contributed by atoms with Crippen LogP contribution in [0.25, 0.3) is 0 Å². The zero-order valence-corrected chi connectivity index (χ0v) is 11.3. The van der Waals surface area contributed by atoms with Gasteiger partial charge in [-0.1, -0.05) is 0 Å². The third-order valence-electron chi connectivity index (χ3n) is 2.03. The van der Waals surface area contributed by atoms with Gasteiger partial charge in [0.05, 0.1) is 6.07 Å². The summed E-state index contributed by atoms with van der Waals surface area (Å²) in [5.41, 5.74) is 0.813. The first-order valence-electron chi connectivity index (χ1n) is 5.67. The first-order valence-corrected chi connectivity index (χ1v) is 5.67. The van der Waals surface area contributed by atoms with Crippen molar-refractivity contribution in [2.24, 2.45) is 0 Å². The molecule has 1 aromatic heterocycles. The van der Waals surface area contributed by atoms with Crippen LogP contribution in [0, 0.1) is 25.2 Å². The predicted octanol–water partition coefficient (Wildman–Crippen LogP) is 2.04. The summed E-state index contributed by atoms with van der Waals surface area (Å²) in [4.78, 5) is 20.1. The highest BCUT2D eigenvalue weighted by molar-refractivity contribution is 5.80. The van der Waals surface area contributed by atoms with Crippen LogP contribution in [0.15, 0.2) is 6.07 Å². The summed E-state index contributed by atoms with van der Waals surface area (Å²) < 4.78 is 5.18. The highest BCUT2D eigenvalue weighted by Crippen LogP contribution is 2.18. The molecule has 1 atom stereocenters. The van der Waals surface area contributed by atoms with E-state index >= 15 is 0 Å². The number of carbonyl (C=O) groups excluding carboxylic acids is 1. The van der Waals surface area contributed by atoms with E-state index in [1.54, 1.807) is 40.7 Å². The van der Waals surface area contributed by atoms with Crippen molar-refractivity contribution < 1.29 is 9.53 Å². The minimum absolute atomic E-state index is 0.198. The Labute approximate surface area is 107 Å². The van der Waals surface area contributed by atoms with Gasteiger partial charge in [-0.25, -0.2) is 9.97 Å². The molecule has 0 spiro atoms. The van der Waals surface area contributed by atoms with Gasteiger partial charge in [0, 0.05) is 11.4 Å². The Balaban J connectivity index is 3.04. The fourth-order valence-corrected chi connectivity index (χ4v) is 1.46. The first-order chi connectivity index (χ1) is 8.23. The van der Waals surface area contributed by atoms with Crippen LogP contribution in [0.2, 0.25) is 0 Å². The molecule has 0 aliphatic heterocycles. The van der Waals surface area contributed by atoms with E-state index in [4.69, 9.17) is 10.00 Å². The molecule has 0 saturated heterocycles. The summed E-state index contributed by atoms with van der Waals surface area (Å²) in [5.74, 6) is -1.50. The van der Waals surface area contributed by atoms with Gasteiger partial charge >= 0.3 is 5.97 Å². The van der Waals surface area contributed by atoms with E-state index in [9.17, 15) is 4.79 Å². The monoisotopic (exact) mass is 247 g/mol. The number of nitrogens with zero attached hydrogens (tertiary/aromatic N) is 3. The molecule has 0 aliphatic carbocycles. The van der Waals surface area contributed by atoms with Gasteiger partial charge in [0.25, 0.3) is 0 Å². The number of aryl methyl sites for hydroxylation is 2. The quantitative estimate of drug-likeness (QED) is 0.747. The SMILES string of the molecule is Cc1cc(C)nc(C(C#N)C(=O)OC(C)(C)C)n1. The summed E-state index contributed by atoms with van der Waals surface area (Å²) in [6.07, 6.45) is 0. The lowest BCUT2D eigenvalue weighted by Crippen LogP contribution is -2.28. The molecule has 0 amide bonds. The maximum Gasteiger partial charge on any atom is 0.331 e. The first kappa shape index (κ1) is 14.1. The van der Waals surface area contributed by atoms with Crippen molar-refractivity contribution in [2.75, 3.05) is 0 Å². The molecule has 1 heterocycles. The summed E-state index contributed by atoms with van der Waals surface area (Å²) in [7, 11) is 0. The van der Waals surface area contributed by atoms with Crippen LogP contribution in [0.5, 0.6) is 0 Å². The molecule has 0 fully saturated rings. The van der Waals surface area contributed by atoms with E-state index in [1.165, 1.54) is 0 Å². The molecule has 96 valence electrons. The van der Waals surface area contributed by atoms with Gasteiger partial charge in [-0.15, -0.1) is 0 Å². The highest BCUT2D eigenvalue weighted by atomic mass is 16.6. The van der Waals surface area contributed by atoms with Crippen LogP contribution < -0.4 is 0 Å². The number of hydrogen-bond donors (Lipinski definition) is 0. The molecular weight excluding hydrogens is 230 g/mol. The summed E-state index contributed by atoms with van der Waals surface area (Å²) in [6, 6.07) is 3.68. The number of carbonyl (C=O) groups is 1. The van der Waals surface area contributed by atoms with Gasteiger partial charge in [-0.3, -0.25) is 4.79 Å². The van der Waals surface area contributed by atoms with Crippen LogP contribution in [0.1, 0.15) is 43.9 Å². The molecule has 0 bridgehead atoms. The Bertz CT molecular complexity index is 478. The second-order valence-electron chi connectivity index (χ2n) is 5.10. The maximum atomic E-state index is 11.9. The minimum Gasteiger partial charge on any atom is -0.459 e. The molecule has 1 aromatic rings. The Morgan fingerprint density at radius 1 is 1.33 bits per heavy atom. The third kappa shape index (κ3) is 3.81. The van der Waals surface area contributed by atoms with E-state index in [2.05, 4.69) is 9.97 Å². The molecule has 5 heteroatoms. The topological polar surface area (TPSA) is 75.9 Å². The standard InChI is InChI=1S/C13H17N3O2/c1-8-6-9(2)16-11(15-8)10(7-14)12(17)18-13(3,4)5/h6,10H,1-5H3. The molecule has 0 aromatic carbocycles. The predicted molar refractivity (Wildman–Crippen MR) is 65.7 cm³/mol. The molecule has 0 radical (unpaired) electrons. The van der Waals surface area contributed by atoms with E-state index < -0.39 is 17.5 Å². The average molecular weight is 247 g/mol. The van der Waals surface area contributed by atoms with Crippen LogP contribution in [-0.4, -0.2) is 21.5 Å². The fraction of sp³-hybridized carbons (Fsp3) is 0.538. The number of rotatable bonds is 2. The number of aromatic nitrogens is 2. The number of hydrogen-bond acceptors (Lipinski definition) is 5. The smallest absolute Gasteiger partial charge is 0.331 e. The van der Waals surface area contributed by atoms with Crippen LogP contribution in [0.3, 0.4) is 0 Å². The van der Waals surface area contributed by atoms with Crippen LogP contribution >= 0.6 is 0 Å². The number of esters is 1. The molecule has 0 saturated carbocycles.